The molecule has 0 bridgehead atoms. The van der Waals surface area contributed by atoms with Crippen molar-refractivity contribution in [2.24, 2.45) is 0 Å². The lowest BCUT2D eigenvalue weighted by molar-refractivity contribution is 1.55. The van der Waals surface area contributed by atoms with E-state index in [4.69, 9.17) is 0 Å². The second-order valence-electron chi connectivity index (χ2n) is 8.74. The quantitative estimate of drug-likeness (QED) is 0.253. The first kappa shape index (κ1) is 16.4. The number of aromatic nitrogens is 2. The molecule has 0 saturated carbocycles. The normalized spacial score (nSPS) is 12.4. The molecule has 6 aromatic carbocycles. The molecular weight excluding hydrogens is 388 g/mol. The van der Waals surface area contributed by atoms with Crippen LogP contribution in [0.15, 0.2) is 97.1 Å². The van der Waals surface area contributed by atoms with E-state index >= 15 is 0 Å². The molecule has 0 amide bonds. The highest BCUT2D eigenvalue weighted by atomic mass is 14.7. The SMILES string of the molecule is c1ccc2c(c1)ccc1[nH]c3ccc4c(ccc5[nH]c6ccc7ccccc7c6c54)c3c12. The molecule has 0 saturated heterocycles. The molecule has 0 unspecified atom stereocenters. The third-order valence-electron chi connectivity index (χ3n) is 7.10. The molecule has 8 rings (SSSR count). The average molecular weight is 406 g/mol. The van der Waals surface area contributed by atoms with Crippen LogP contribution < -0.4 is 0 Å². The lowest BCUT2D eigenvalue weighted by Gasteiger charge is -2.06. The molecule has 8 aromatic rings. The Bertz CT molecular complexity index is 1890. The molecule has 2 aromatic heterocycles. The molecular formula is C30H18N2. The van der Waals surface area contributed by atoms with E-state index in [-0.39, 0.29) is 0 Å². The van der Waals surface area contributed by atoms with Crippen molar-refractivity contribution < 1.29 is 0 Å². The van der Waals surface area contributed by atoms with Crippen LogP contribution in [0.4, 0.5) is 0 Å². The second kappa shape index (κ2) is 5.68. The van der Waals surface area contributed by atoms with Gasteiger partial charge in [-0.05, 0) is 56.6 Å². The molecule has 0 atom stereocenters. The Kier molecular flexibility index (Phi) is 2.91. The standard InChI is InChI=1S/C30H18N2/c1-3-7-19-17(5-1)9-13-23-27(19)29-21-11-16-26-30(22(21)12-15-25(29)31-23)28-20-8-4-2-6-18(20)10-14-24(28)32-26/h1-16,31-32H. The number of rotatable bonds is 0. The van der Waals surface area contributed by atoms with Crippen LogP contribution in [0.5, 0.6) is 0 Å². The number of H-pyrrole nitrogens is 2. The number of fused-ring (bicyclic) bond motifs is 13. The van der Waals surface area contributed by atoms with Gasteiger partial charge in [0, 0.05) is 43.6 Å². The summed E-state index contributed by atoms with van der Waals surface area (Å²) < 4.78 is 0. The fourth-order valence-corrected chi connectivity index (χ4v) is 5.73. The van der Waals surface area contributed by atoms with Crippen molar-refractivity contribution in [2.45, 2.75) is 0 Å². The Hall–Kier alpha value is -4.30. The van der Waals surface area contributed by atoms with Crippen LogP contribution in [0.25, 0.3) is 75.9 Å². The number of hydrogen-bond acceptors (Lipinski definition) is 0. The van der Waals surface area contributed by atoms with Gasteiger partial charge in [0.15, 0.2) is 0 Å². The topological polar surface area (TPSA) is 31.6 Å². The van der Waals surface area contributed by atoms with Crippen molar-refractivity contribution in [1.29, 1.82) is 0 Å². The van der Waals surface area contributed by atoms with Crippen molar-refractivity contribution in [3.05, 3.63) is 97.1 Å². The predicted molar refractivity (Wildman–Crippen MR) is 138 cm³/mol. The minimum Gasteiger partial charge on any atom is -0.354 e. The van der Waals surface area contributed by atoms with E-state index in [2.05, 4.69) is 107 Å². The van der Waals surface area contributed by atoms with Crippen LogP contribution in [0.1, 0.15) is 0 Å². The van der Waals surface area contributed by atoms with Crippen LogP contribution >= 0.6 is 0 Å². The number of hydrogen-bond donors (Lipinski definition) is 2. The molecule has 32 heavy (non-hydrogen) atoms. The van der Waals surface area contributed by atoms with Crippen molar-refractivity contribution in [3.63, 3.8) is 0 Å². The van der Waals surface area contributed by atoms with E-state index < -0.39 is 0 Å². The second-order valence-corrected chi connectivity index (χ2v) is 8.74. The fourth-order valence-electron chi connectivity index (χ4n) is 5.73. The first-order chi connectivity index (χ1) is 15.9. The summed E-state index contributed by atoms with van der Waals surface area (Å²) in [5, 5.41) is 13.0. The monoisotopic (exact) mass is 406 g/mol. The Balaban J connectivity index is 1.66. The van der Waals surface area contributed by atoms with E-state index in [1.54, 1.807) is 0 Å². The van der Waals surface area contributed by atoms with Crippen LogP contribution in [0, 0.1) is 0 Å². The van der Waals surface area contributed by atoms with Crippen LogP contribution in [-0.4, -0.2) is 9.97 Å². The largest absolute Gasteiger partial charge is 0.354 e. The third-order valence-corrected chi connectivity index (χ3v) is 7.10. The molecule has 2 N–H and O–H groups in total. The van der Waals surface area contributed by atoms with Gasteiger partial charge >= 0.3 is 0 Å². The first-order valence-corrected chi connectivity index (χ1v) is 11.0. The van der Waals surface area contributed by atoms with Gasteiger partial charge in [-0.1, -0.05) is 72.8 Å². The van der Waals surface area contributed by atoms with E-state index in [9.17, 15) is 0 Å². The van der Waals surface area contributed by atoms with E-state index in [1.807, 2.05) is 0 Å². The van der Waals surface area contributed by atoms with Gasteiger partial charge in [-0.15, -0.1) is 0 Å². The van der Waals surface area contributed by atoms with E-state index in [0.717, 1.165) is 0 Å². The summed E-state index contributed by atoms with van der Waals surface area (Å²) in [5.74, 6) is 0. The molecule has 0 radical (unpaired) electrons. The fraction of sp³-hybridized carbons (Fsp3) is 0. The smallest absolute Gasteiger partial charge is 0.0471 e. The van der Waals surface area contributed by atoms with Crippen molar-refractivity contribution >= 4 is 75.9 Å². The van der Waals surface area contributed by atoms with E-state index in [1.165, 1.54) is 75.9 Å². The van der Waals surface area contributed by atoms with Crippen LogP contribution in [0.2, 0.25) is 0 Å². The molecule has 0 fully saturated rings. The van der Waals surface area contributed by atoms with Crippen molar-refractivity contribution in [3.8, 4) is 0 Å². The highest BCUT2D eigenvalue weighted by molar-refractivity contribution is 6.34. The predicted octanol–water partition coefficient (Wildman–Crippen LogP) is 8.42. The number of nitrogens with one attached hydrogen (secondary N) is 2. The zero-order chi connectivity index (χ0) is 20.8. The Labute approximate surface area is 183 Å². The van der Waals surface area contributed by atoms with Gasteiger partial charge in [0.25, 0.3) is 0 Å². The van der Waals surface area contributed by atoms with Gasteiger partial charge in [-0.25, -0.2) is 0 Å². The molecule has 2 nitrogen and oxygen atoms in total. The maximum Gasteiger partial charge on any atom is 0.0471 e. The van der Waals surface area contributed by atoms with Crippen LogP contribution in [0.3, 0.4) is 0 Å². The van der Waals surface area contributed by atoms with Crippen molar-refractivity contribution in [1.82, 2.24) is 9.97 Å². The summed E-state index contributed by atoms with van der Waals surface area (Å²) in [6, 6.07) is 35.3. The molecule has 2 heterocycles. The van der Waals surface area contributed by atoms with Gasteiger partial charge in [-0.3, -0.25) is 0 Å². The average Bonchev–Trinajstić information content (AvgIpc) is 3.42. The Morgan fingerprint density at radius 2 is 0.688 bits per heavy atom. The highest BCUT2D eigenvalue weighted by Gasteiger charge is 2.15. The summed E-state index contributed by atoms with van der Waals surface area (Å²) in [4.78, 5) is 7.33. The molecule has 0 aliphatic carbocycles. The summed E-state index contributed by atoms with van der Waals surface area (Å²) in [5.41, 5.74) is 4.76. The molecule has 0 aliphatic heterocycles. The highest BCUT2D eigenvalue weighted by Crippen LogP contribution is 2.41. The minimum absolute atomic E-state index is 1.19. The third kappa shape index (κ3) is 1.95. The summed E-state index contributed by atoms with van der Waals surface area (Å²) in [7, 11) is 0. The molecule has 2 heteroatoms. The minimum atomic E-state index is 1.19. The number of benzene rings is 6. The zero-order valence-electron chi connectivity index (χ0n) is 17.2. The lowest BCUT2D eigenvalue weighted by Crippen LogP contribution is -1.79. The van der Waals surface area contributed by atoms with Gasteiger partial charge in [0.05, 0.1) is 0 Å². The molecule has 0 aliphatic rings. The molecule has 148 valence electrons. The lowest BCUT2D eigenvalue weighted by atomic mass is 9.96. The first-order valence-electron chi connectivity index (χ1n) is 11.0. The summed E-state index contributed by atoms with van der Waals surface area (Å²) >= 11 is 0. The Morgan fingerprint density at radius 1 is 0.312 bits per heavy atom. The van der Waals surface area contributed by atoms with Gasteiger partial charge < -0.3 is 9.97 Å². The maximum absolute atomic E-state index is 3.66. The van der Waals surface area contributed by atoms with Gasteiger partial charge in [0.2, 0.25) is 0 Å². The van der Waals surface area contributed by atoms with Gasteiger partial charge in [0.1, 0.15) is 0 Å². The van der Waals surface area contributed by atoms with Crippen LogP contribution in [-0.2, 0) is 0 Å². The van der Waals surface area contributed by atoms with E-state index in [0.29, 0.717) is 0 Å². The number of aromatic amines is 2. The summed E-state index contributed by atoms with van der Waals surface area (Å²) in [6.07, 6.45) is 0. The zero-order valence-corrected chi connectivity index (χ0v) is 17.2. The molecule has 0 spiro atoms. The summed E-state index contributed by atoms with van der Waals surface area (Å²) in [6.45, 7) is 0. The Morgan fingerprint density at radius 3 is 1.16 bits per heavy atom. The van der Waals surface area contributed by atoms with Gasteiger partial charge in [-0.2, -0.15) is 0 Å². The maximum atomic E-state index is 3.66. The van der Waals surface area contributed by atoms with Crippen molar-refractivity contribution in [2.75, 3.05) is 0 Å².